The number of benzene rings is 1. The molecule has 1 aliphatic heterocycles. The third-order valence-corrected chi connectivity index (χ3v) is 4.14. The van der Waals surface area contributed by atoms with E-state index in [1.807, 2.05) is 32.2 Å². The highest BCUT2D eigenvalue weighted by molar-refractivity contribution is 5.93. The molecule has 0 spiro atoms. The van der Waals surface area contributed by atoms with Crippen molar-refractivity contribution in [3.8, 4) is 11.5 Å². The molecule has 1 N–H and O–H groups in total. The molecule has 1 aromatic carbocycles. The van der Waals surface area contributed by atoms with Gasteiger partial charge in [-0.25, -0.2) is 4.98 Å². The first-order chi connectivity index (χ1) is 11.1. The van der Waals surface area contributed by atoms with Crippen molar-refractivity contribution >= 4 is 5.91 Å². The maximum atomic E-state index is 12.3. The smallest absolute Gasteiger partial charge is 0.269 e. The molecule has 1 atom stereocenters. The fraction of sp³-hybridized carbons (Fsp3) is 0.412. The number of imidazole rings is 1. The van der Waals surface area contributed by atoms with E-state index in [9.17, 15) is 4.79 Å². The van der Waals surface area contributed by atoms with Gasteiger partial charge in [0.25, 0.3) is 5.91 Å². The summed E-state index contributed by atoms with van der Waals surface area (Å²) in [7, 11) is 3.46. The molecule has 122 valence electrons. The van der Waals surface area contributed by atoms with Gasteiger partial charge in [0.05, 0.1) is 25.7 Å². The normalized spacial score (nSPS) is 16.4. The van der Waals surface area contributed by atoms with Crippen LogP contribution in [0.3, 0.4) is 0 Å². The molecule has 2 aromatic rings. The molecule has 0 saturated heterocycles. The summed E-state index contributed by atoms with van der Waals surface area (Å²) in [4.78, 5) is 16.4. The molecule has 1 aromatic heterocycles. The minimum atomic E-state index is -0.0982. The van der Waals surface area contributed by atoms with Gasteiger partial charge in [0.15, 0.2) is 11.5 Å². The lowest BCUT2D eigenvalue weighted by Gasteiger charge is -2.26. The lowest BCUT2D eigenvalue weighted by atomic mass is 9.96. The topological polar surface area (TPSA) is 65.4 Å². The SMILES string of the molecule is COc1cccc2c1OCC(CNC(=O)c1c(C)ncn1C)C2. The molecule has 6 heteroatoms. The zero-order valence-corrected chi connectivity index (χ0v) is 13.6. The van der Waals surface area contributed by atoms with E-state index >= 15 is 0 Å². The van der Waals surface area contributed by atoms with Gasteiger partial charge in [-0.2, -0.15) is 0 Å². The number of hydrogen-bond donors (Lipinski definition) is 1. The number of para-hydroxylation sites is 1. The number of hydrogen-bond acceptors (Lipinski definition) is 4. The molecule has 23 heavy (non-hydrogen) atoms. The highest BCUT2D eigenvalue weighted by Gasteiger charge is 2.24. The summed E-state index contributed by atoms with van der Waals surface area (Å²) in [5, 5.41) is 2.98. The van der Waals surface area contributed by atoms with Gasteiger partial charge in [-0.3, -0.25) is 4.79 Å². The molecule has 1 unspecified atom stereocenters. The predicted octanol–water partition coefficient (Wildman–Crippen LogP) is 1.72. The number of ether oxygens (including phenoxy) is 2. The van der Waals surface area contributed by atoms with Crippen LogP contribution >= 0.6 is 0 Å². The number of nitrogens with zero attached hydrogens (tertiary/aromatic N) is 2. The van der Waals surface area contributed by atoms with Crippen LogP contribution in [0, 0.1) is 12.8 Å². The molecular formula is C17H21N3O3. The van der Waals surface area contributed by atoms with E-state index in [0.717, 1.165) is 29.2 Å². The van der Waals surface area contributed by atoms with E-state index in [2.05, 4.69) is 10.3 Å². The third-order valence-electron chi connectivity index (χ3n) is 4.14. The van der Waals surface area contributed by atoms with Crippen LogP contribution in [-0.2, 0) is 13.5 Å². The Morgan fingerprint density at radius 2 is 2.35 bits per heavy atom. The Morgan fingerprint density at radius 1 is 1.52 bits per heavy atom. The molecule has 0 bridgehead atoms. The number of aryl methyl sites for hydroxylation is 2. The Hall–Kier alpha value is -2.50. The van der Waals surface area contributed by atoms with Crippen molar-refractivity contribution in [3.63, 3.8) is 0 Å². The standard InChI is InChI=1S/C17H21N3O3/c1-11-15(20(2)10-19-11)17(21)18-8-12-7-13-5-4-6-14(22-3)16(13)23-9-12/h4-6,10,12H,7-9H2,1-3H3,(H,18,21). The number of nitrogens with one attached hydrogen (secondary N) is 1. The zero-order valence-electron chi connectivity index (χ0n) is 13.6. The molecule has 2 heterocycles. The van der Waals surface area contributed by atoms with Gasteiger partial charge in [0, 0.05) is 19.5 Å². The molecule has 1 aliphatic rings. The Bertz CT molecular complexity index is 704. The monoisotopic (exact) mass is 315 g/mol. The van der Waals surface area contributed by atoms with Gasteiger partial charge < -0.3 is 19.4 Å². The Kier molecular flexibility index (Phi) is 4.23. The average molecular weight is 315 g/mol. The van der Waals surface area contributed by atoms with Crippen LogP contribution in [0.15, 0.2) is 24.5 Å². The lowest BCUT2D eigenvalue weighted by Crippen LogP contribution is -2.35. The molecule has 1 amide bonds. The quantitative estimate of drug-likeness (QED) is 0.933. The van der Waals surface area contributed by atoms with Gasteiger partial charge in [-0.05, 0) is 25.0 Å². The van der Waals surface area contributed by atoms with Crippen molar-refractivity contribution in [3.05, 3.63) is 41.5 Å². The van der Waals surface area contributed by atoms with Crippen molar-refractivity contribution < 1.29 is 14.3 Å². The molecule has 0 saturated carbocycles. The fourth-order valence-corrected chi connectivity index (χ4v) is 2.94. The fourth-order valence-electron chi connectivity index (χ4n) is 2.94. The second-order valence-electron chi connectivity index (χ2n) is 5.83. The molecule has 0 radical (unpaired) electrons. The molecule has 0 fully saturated rings. The van der Waals surface area contributed by atoms with E-state index in [-0.39, 0.29) is 11.8 Å². The van der Waals surface area contributed by atoms with Gasteiger partial charge in [-0.15, -0.1) is 0 Å². The summed E-state index contributed by atoms with van der Waals surface area (Å²) in [6.45, 7) is 2.97. The van der Waals surface area contributed by atoms with Crippen LogP contribution in [0.5, 0.6) is 11.5 Å². The van der Waals surface area contributed by atoms with E-state index in [0.29, 0.717) is 18.8 Å². The number of carbonyl (C=O) groups is 1. The van der Waals surface area contributed by atoms with E-state index in [1.165, 1.54) is 0 Å². The van der Waals surface area contributed by atoms with Crippen LogP contribution in [-0.4, -0.2) is 35.7 Å². The van der Waals surface area contributed by atoms with Crippen molar-refractivity contribution in [1.82, 2.24) is 14.9 Å². The van der Waals surface area contributed by atoms with Crippen molar-refractivity contribution in [1.29, 1.82) is 0 Å². The number of fused-ring (bicyclic) bond motifs is 1. The minimum Gasteiger partial charge on any atom is -0.493 e. The first kappa shape index (κ1) is 15.4. The van der Waals surface area contributed by atoms with Crippen molar-refractivity contribution in [2.45, 2.75) is 13.3 Å². The number of methoxy groups -OCH3 is 1. The molecule has 3 rings (SSSR count). The van der Waals surface area contributed by atoms with Crippen molar-refractivity contribution in [2.24, 2.45) is 13.0 Å². The Balaban J connectivity index is 1.63. The summed E-state index contributed by atoms with van der Waals surface area (Å²) in [5.41, 5.74) is 2.45. The van der Waals surface area contributed by atoms with E-state index in [1.54, 1.807) is 18.0 Å². The summed E-state index contributed by atoms with van der Waals surface area (Å²) >= 11 is 0. The van der Waals surface area contributed by atoms with Gasteiger partial charge in [0.1, 0.15) is 5.69 Å². The highest BCUT2D eigenvalue weighted by Crippen LogP contribution is 2.35. The van der Waals surface area contributed by atoms with Crippen LogP contribution in [0.4, 0.5) is 0 Å². The van der Waals surface area contributed by atoms with E-state index < -0.39 is 0 Å². The second kappa shape index (κ2) is 6.32. The highest BCUT2D eigenvalue weighted by atomic mass is 16.5. The maximum absolute atomic E-state index is 12.3. The van der Waals surface area contributed by atoms with Crippen LogP contribution in [0.25, 0.3) is 0 Å². The Morgan fingerprint density at radius 3 is 3.04 bits per heavy atom. The number of carbonyl (C=O) groups excluding carboxylic acids is 1. The van der Waals surface area contributed by atoms with E-state index in [4.69, 9.17) is 9.47 Å². The van der Waals surface area contributed by atoms with Gasteiger partial charge in [-0.1, -0.05) is 12.1 Å². The second-order valence-corrected chi connectivity index (χ2v) is 5.83. The van der Waals surface area contributed by atoms with Crippen molar-refractivity contribution in [2.75, 3.05) is 20.3 Å². The number of amides is 1. The summed E-state index contributed by atoms with van der Waals surface area (Å²) in [6, 6.07) is 5.89. The van der Waals surface area contributed by atoms with Gasteiger partial charge in [0.2, 0.25) is 0 Å². The lowest BCUT2D eigenvalue weighted by molar-refractivity contribution is 0.0929. The maximum Gasteiger partial charge on any atom is 0.269 e. The average Bonchev–Trinajstić information content (AvgIpc) is 2.90. The zero-order chi connectivity index (χ0) is 16.4. The molecular weight excluding hydrogens is 294 g/mol. The van der Waals surface area contributed by atoms with Gasteiger partial charge >= 0.3 is 0 Å². The summed E-state index contributed by atoms with van der Waals surface area (Å²) in [6.07, 6.45) is 2.51. The van der Waals surface area contributed by atoms with Crippen LogP contribution in [0.2, 0.25) is 0 Å². The minimum absolute atomic E-state index is 0.0982. The largest absolute Gasteiger partial charge is 0.493 e. The molecule has 6 nitrogen and oxygen atoms in total. The van der Waals surface area contributed by atoms with Crippen LogP contribution < -0.4 is 14.8 Å². The number of rotatable bonds is 4. The Labute approximate surface area is 135 Å². The summed E-state index contributed by atoms with van der Waals surface area (Å²) in [5.74, 6) is 1.72. The first-order valence-electron chi connectivity index (χ1n) is 7.65. The van der Waals surface area contributed by atoms with Crippen LogP contribution in [0.1, 0.15) is 21.7 Å². The third kappa shape index (κ3) is 3.02. The first-order valence-corrected chi connectivity index (χ1v) is 7.65. The summed E-state index contributed by atoms with van der Waals surface area (Å²) < 4.78 is 12.9. The predicted molar refractivity (Wildman–Crippen MR) is 86.0 cm³/mol. The molecule has 0 aliphatic carbocycles. The number of aromatic nitrogens is 2.